The Hall–Kier alpha value is -0.870. The summed E-state index contributed by atoms with van der Waals surface area (Å²) >= 11 is 0. The number of esters is 1. The lowest BCUT2D eigenvalue weighted by molar-refractivity contribution is -0.344. The molecule has 0 aliphatic heterocycles. The minimum Gasteiger partial charge on any atom is -0.405 e. The Morgan fingerprint density at radius 3 is 2.12 bits per heavy atom. The number of allylic oxidation sites excluding steroid dienone is 1. The van der Waals surface area contributed by atoms with Gasteiger partial charge in [0.25, 0.3) is 0 Å². The van der Waals surface area contributed by atoms with Crippen molar-refractivity contribution in [1.82, 2.24) is 0 Å². The number of carbonyl (C=O) groups is 1. The molecule has 0 aromatic rings. The van der Waals surface area contributed by atoms with Gasteiger partial charge in [-0.3, -0.25) is 0 Å². The molecule has 0 heterocycles. The molecule has 0 spiro atoms. The fourth-order valence-electron chi connectivity index (χ4n) is 1.57. The smallest absolute Gasteiger partial charge is 0.334 e. The minimum absolute atomic E-state index is 0.0704. The Balaban J connectivity index is 4.57. The lowest BCUT2D eigenvalue weighted by atomic mass is 9.84. The van der Waals surface area contributed by atoms with Crippen molar-refractivity contribution in [3.8, 4) is 0 Å². The highest BCUT2D eigenvalue weighted by Crippen LogP contribution is 2.30. The normalized spacial score (nSPS) is 14.1. The average molecular weight is 244 g/mol. The van der Waals surface area contributed by atoms with Gasteiger partial charge in [0.05, 0.1) is 5.92 Å². The van der Waals surface area contributed by atoms with Crippen LogP contribution in [0, 0.1) is 11.3 Å². The summed E-state index contributed by atoms with van der Waals surface area (Å²) in [6.45, 7) is 11.1. The fourth-order valence-corrected chi connectivity index (χ4v) is 1.57. The van der Waals surface area contributed by atoms with Gasteiger partial charge in [0.15, 0.2) is 0 Å². The first-order valence-corrected chi connectivity index (χ1v) is 5.76. The van der Waals surface area contributed by atoms with Gasteiger partial charge in [-0.2, -0.15) is 0 Å². The summed E-state index contributed by atoms with van der Waals surface area (Å²) in [5.74, 6) is -3.72. The van der Waals surface area contributed by atoms with Crippen LogP contribution in [0.1, 0.15) is 48.0 Å². The molecule has 4 heteroatoms. The second-order valence-electron chi connectivity index (χ2n) is 5.97. The van der Waals surface area contributed by atoms with E-state index in [1.165, 1.54) is 6.08 Å². The molecule has 0 bridgehead atoms. The van der Waals surface area contributed by atoms with Gasteiger partial charge < -0.3 is 14.9 Å². The first-order valence-electron chi connectivity index (χ1n) is 5.76. The third-order valence-electron chi connectivity index (χ3n) is 2.22. The van der Waals surface area contributed by atoms with E-state index in [1.807, 2.05) is 20.8 Å². The first kappa shape index (κ1) is 16.1. The first-order chi connectivity index (χ1) is 7.44. The number of rotatable bonds is 4. The summed E-state index contributed by atoms with van der Waals surface area (Å²) in [6.07, 6.45) is 1.76. The number of hydrogen-bond acceptors (Lipinski definition) is 4. The SMILES string of the molecule is CC(C)=CC(=O)OC(O)(O)C(C)CC(C)(C)C. The molecule has 1 atom stereocenters. The maximum atomic E-state index is 11.3. The molecule has 0 radical (unpaired) electrons. The van der Waals surface area contributed by atoms with E-state index in [4.69, 9.17) is 0 Å². The van der Waals surface area contributed by atoms with Crippen LogP contribution in [0.25, 0.3) is 0 Å². The molecule has 0 aromatic heterocycles. The molecular formula is C13H24O4. The van der Waals surface area contributed by atoms with E-state index in [1.54, 1.807) is 20.8 Å². The second-order valence-corrected chi connectivity index (χ2v) is 5.97. The summed E-state index contributed by atoms with van der Waals surface area (Å²) in [7, 11) is 0. The van der Waals surface area contributed by atoms with Crippen molar-refractivity contribution in [3.05, 3.63) is 11.6 Å². The fraction of sp³-hybridized carbons (Fsp3) is 0.769. The molecule has 0 amide bonds. The van der Waals surface area contributed by atoms with Crippen LogP contribution >= 0.6 is 0 Å². The Bertz CT molecular complexity index is 293. The Kier molecular flexibility index (Phi) is 5.36. The summed E-state index contributed by atoms with van der Waals surface area (Å²) < 4.78 is 4.65. The van der Waals surface area contributed by atoms with E-state index < -0.39 is 17.9 Å². The zero-order chi connectivity index (χ0) is 13.9. The number of hydrogen-bond donors (Lipinski definition) is 2. The van der Waals surface area contributed by atoms with Crippen LogP contribution in [0.15, 0.2) is 11.6 Å². The van der Waals surface area contributed by atoms with Gasteiger partial charge in [0.1, 0.15) is 0 Å². The van der Waals surface area contributed by atoms with Crippen LogP contribution < -0.4 is 0 Å². The lowest BCUT2D eigenvalue weighted by Gasteiger charge is -2.31. The highest BCUT2D eigenvalue weighted by Gasteiger charge is 2.37. The Labute approximate surface area is 103 Å². The highest BCUT2D eigenvalue weighted by atomic mass is 16.8. The molecular weight excluding hydrogens is 220 g/mol. The third kappa shape index (κ3) is 7.13. The van der Waals surface area contributed by atoms with Crippen molar-refractivity contribution in [2.45, 2.75) is 53.9 Å². The monoisotopic (exact) mass is 244 g/mol. The van der Waals surface area contributed by atoms with Crippen LogP contribution in [-0.4, -0.2) is 22.2 Å². The Morgan fingerprint density at radius 2 is 1.76 bits per heavy atom. The van der Waals surface area contributed by atoms with Gasteiger partial charge in [-0.1, -0.05) is 33.3 Å². The van der Waals surface area contributed by atoms with Crippen molar-refractivity contribution in [2.24, 2.45) is 11.3 Å². The molecule has 1 unspecified atom stereocenters. The lowest BCUT2D eigenvalue weighted by Crippen LogP contribution is -2.42. The molecule has 0 aromatic carbocycles. The maximum Gasteiger partial charge on any atom is 0.334 e. The largest absolute Gasteiger partial charge is 0.405 e. The second kappa shape index (κ2) is 5.65. The number of carbonyl (C=O) groups excluding carboxylic acids is 1. The molecule has 0 saturated carbocycles. The van der Waals surface area contributed by atoms with E-state index in [0.717, 1.165) is 5.57 Å². The van der Waals surface area contributed by atoms with Gasteiger partial charge in [0.2, 0.25) is 0 Å². The van der Waals surface area contributed by atoms with Crippen molar-refractivity contribution in [3.63, 3.8) is 0 Å². The summed E-state index contributed by atoms with van der Waals surface area (Å²) in [6, 6.07) is 0. The quantitative estimate of drug-likeness (QED) is 0.452. The van der Waals surface area contributed by atoms with Crippen LogP contribution in [0.3, 0.4) is 0 Å². The maximum absolute atomic E-state index is 11.3. The van der Waals surface area contributed by atoms with E-state index in [2.05, 4.69) is 4.74 Å². The van der Waals surface area contributed by atoms with Crippen molar-refractivity contribution >= 4 is 5.97 Å². The molecule has 0 rings (SSSR count). The molecule has 0 aliphatic carbocycles. The number of ether oxygens (including phenoxy) is 1. The van der Waals surface area contributed by atoms with E-state index in [9.17, 15) is 15.0 Å². The van der Waals surface area contributed by atoms with Crippen LogP contribution in [-0.2, 0) is 9.53 Å². The van der Waals surface area contributed by atoms with Crippen molar-refractivity contribution in [2.75, 3.05) is 0 Å². The molecule has 0 saturated heterocycles. The third-order valence-corrected chi connectivity index (χ3v) is 2.22. The zero-order valence-corrected chi connectivity index (χ0v) is 11.6. The number of aliphatic hydroxyl groups is 2. The predicted octanol–water partition coefficient (Wildman–Crippen LogP) is 2.21. The van der Waals surface area contributed by atoms with Crippen molar-refractivity contribution < 1.29 is 19.7 Å². The molecule has 100 valence electrons. The van der Waals surface area contributed by atoms with Crippen LogP contribution in [0.2, 0.25) is 0 Å². The molecule has 4 nitrogen and oxygen atoms in total. The van der Waals surface area contributed by atoms with E-state index in [-0.39, 0.29) is 5.41 Å². The van der Waals surface area contributed by atoms with Gasteiger partial charge in [-0.15, -0.1) is 0 Å². The highest BCUT2D eigenvalue weighted by molar-refractivity contribution is 5.82. The zero-order valence-electron chi connectivity index (χ0n) is 11.6. The summed E-state index contributed by atoms with van der Waals surface area (Å²) in [4.78, 5) is 11.3. The van der Waals surface area contributed by atoms with Crippen LogP contribution in [0.5, 0.6) is 0 Å². The van der Waals surface area contributed by atoms with Gasteiger partial charge in [-0.25, -0.2) is 4.79 Å². The Morgan fingerprint density at radius 1 is 1.29 bits per heavy atom. The minimum atomic E-state index is -2.42. The summed E-state index contributed by atoms with van der Waals surface area (Å²) in [5, 5.41) is 19.4. The van der Waals surface area contributed by atoms with Crippen molar-refractivity contribution in [1.29, 1.82) is 0 Å². The molecule has 2 N–H and O–H groups in total. The average Bonchev–Trinajstić information content (AvgIpc) is 1.96. The van der Waals surface area contributed by atoms with Gasteiger partial charge in [0, 0.05) is 6.08 Å². The topological polar surface area (TPSA) is 66.8 Å². The standard InChI is InChI=1S/C13H24O4/c1-9(2)7-11(14)17-13(15,16)10(3)8-12(4,5)6/h7,10,15-16H,8H2,1-6H3. The molecule has 17 heavy (non-hydrogen) atoms. The van der Waals surface area contributed by atoms with E-state index in [0.29, 0.717) is 6.42 Å². The molecule has 0 aliphatic rings. The van der Waals surface area contributed by atoms with Gasteiger partial charge in [-0.05, 0) is 25.7 Å². The van der Waals surface area contributed by atoms with E-state index >= 15 is 0 Å². The summed E-state index contributed by atoms with van der Waals surface area (Å²) in [5.41, 5.74) is 0.674. The predicted molar refractivity (Wildman–Crippen MR) is 65.9 cm³/mol. The van der Waals surface area contributed by atoms with Gasteiger partial charge >= 0.3 is 11.9 Å². The molecule has 0 fully saturated rings. The van der Waals surface area contributed by atoms with Crippen LogP contribution in [0.4, 0.5) is 0 Å².